The molecule has 25 heavy (non-hydrogen) atoms. The van der Waals surface area contributed by atoms with Crippen LogP contribution in [0.5, 0.6) is 0 Å². The average Bonchev–Trinajstić information content (AvgIpc) is 3.30. The molecule has 1 aliphatic heterocycles. The highest BCUT2D eigenvalue weighted by atomic mass is 79.9. The molecule has 0 spiro atoms. The summed E-state index contributed by atoms with van der Waals surface area (Å²) in [5.74, 6) is 1.61. The Morgan fingerprint density at radius 2 is 2.20 bits per heavy atom. The number of halogens is 1. The second kappa shape index (κ2) is 5.38. The van der Waals surface area contributed by atoms with Gasteiger partial charge in [-0.2, -0.15) is 10.2 Å². The van der Waals surface area contributed by atoms with Crippen molar-refractivity contribution in [3.05, 3.63) is 64.7 Å². The van der Waals surface area contributed by atoms with Crippen molar-refractivity contribution in [2.75, 3.05) is 0 Å². The van der Waals surface area contributed by atoms with Crippen molar-refractivity contribution in [3.63, 3.8) is 0 Å². The maximum absolute atomic E-state index is 4.80. The Labute approximate surface area is 152 Å². The monoisotopic (exact) mass is 395 g/mol. The van der Waals surface area contributed by atoms with Crippen LogP contribution in [0.4, 0.5) is 0 Å². The van der Waals surface area contributed by atoms with E-state index in [1.807, 2.05) is 40.9 Å². The third-order valence-corrected chi connectivity index (χ3v) is 4.91. The summed E-state index contributed by atoms with van der Waals surface area (Å²) in [6.07, 6.45) is 5.54. The third kappa shape index (κ3) is 2.32. The number of aromatic nitrogens is 7. The molecule has 1 aliphatic rings. The first-order chi connectivity index (χ1) is 12.2. The topological polar surface area (TPSA) is 66.3 Å². The van der Waals surface area contributed by atoms with Crippen LogP contribution in [-0.4, -0.2) is 34.1 Å². The van der Waals surface area contributed by atoms with Crippen LogP contribution in [0, 0.1) is 6.92 Å². The molecule has 0 saturated heterocycles. The predicted octanol–water partition coefficient (Wildman–Crippen LogP) is 2.81. The van der Waals surface area contributed by atoms with E-state index in [-0.39, 0.29) is 0 Å². The van der Waals surface area contributed by atoms with E-state index >= 15 is 0 Å². The van der Waals surface area contributed by atoms with Crippen LogP contribution in [0.25, 0.3) is 17.1 Å². The molecule has 8 heteroatoms. The molecular weight excluding hydrogens is 382 g/mol. The zero-order valence-corrected chi connectivity index (χ0v) is 15.1. The van der Waals surface area contributed by atoms with Crippen LogP contribution in [0.3, 0.4) is 0 Å². The van der Waals surface area contributed by atoms with Gasteiger partial charge < -0.3 is 4.57 Å². The summed E-state index contributed by atoms with van der Waals surface area (Å²) >= 11 is 3.57. The highest BCUT2D eigenvalue weighted by Gasteiger charge is 2.24. The molecular formula is C17H14BrN7. The summed E-state index contributed by atoms with van der Waals surface area (Å²) in [5.41, 5.74) is 4.23. The summed E-state index contributed by atoms with van der Waals surface area (Å²) < 4.78 is 6.92. The van der Waals surface area contributed by atoms with Crippen LogP contribution < -0.4 is 0 Å². The molecule has 0 fully saturated rings. The molecule has 0 radical (unpaired) electrons. The maximum atomic E-state index is 4.80. The molecule has 0 unspecified atom stereocenters. The Bertz CT molecular complexity index is 1070. The van der Waals surface area contributed by atoms with E-state index in [1.54, 1.807) is 6.20 Å². The minimum absolute atomic E-state index is 0.550. The first kappa shape index (κ1) is 14.6. The second-order valence-electron chi connectivity index (χ2n) is 6.02. The van der Waals surface area contributed by atoms with Crippen LogP contribution in [-0.2, 0) is 13.1 Å². The Morgan fingerprint density at radius 3 is 3.04 bits per heavy atom. The predicted molar refractivity (Wildman–Crippen MR) is 95.4 cm³/mol. The van der Waals surface area contributed by atoms with E-state index < -0.39 is 0 Å². The van der Waals surface area contributed by atoms with Gasteiger partial charge >= 0.3 is 0 Å². The maximum Gasteiger partial charge on any atom is 0.172 e. The largest absolute Gasteiger partial charge is 0.300 e. The third-order valence-electron chi connectivity index (χ3n) is 4.41. The van der Waals surface area contributed by atoms with Gasteiger partial charge in [0.05, 0.1) is 29.9 Å². The van der Waals surface area contributed by atoms with E-state index in [0.717, 1.165) is 38.8 Å². The minimum atomic E-state index is 0.550. The number of benzene rings is 1. The highest BCUT2D eigenvalue weighted by Crippen LogP contribution is 2.33. The van der Waals surface area contributed by atoms with Gasteiger partial charge in [-0.1, -0.05) is 15.9 Å². The van der Waals surface area contributed by atoms with Crippen molar-refractivity contribution in [3.8, 4) is 17.1 Å². The number of imidazole rings is 1. The number of rotatable bonds is 2. The van der Waals surface area contributed by atoms with Gasteiger partial charge in [0.1, 0.15) is 6.54 Å². The van der Waals surface area contributed by atoms with Gasteiger partial charge in [-0.3, -0.25) is 4.68 Å². The SMILES string of the molecule is Cc1ncn2c1Cn1nc(Cn3cccn3)nc1-c1cc(Br)ccc1-2. The molecule has 1 aromatic carbocycles. The fourth-order valence-corrected chi connectivity index (χ4v) is 3.57. The molecule has 0 amide bonds. The van der Waals surface area contributed by atoms with Gasteiger partial charge in [-0.15, -0.1) is 0 Å². The number of nitrogens with zero attached hydrogens (tertiary/aromatic N) is 7. The summed E-state index contributed by atoms with van der Waals surface area (Å²) in [7, 11) is 0. The van der Waals surface area contributed by atoms with Gasteiger partial charge in [-0.05, 0) is 31.2 Å². The first-order valence-corrected chi connectivity index (χ1v) is 8.72. The smallest absolute Gasteiger partial charge is 0.172 e. The number of hydrogen-bond donors (Lipinski definition) is 0. The molecule has 124 valence electrons. The zero-order chi connectivity index (χ0) is 17.0. The molecule has 0 bridgehead atoms. The normalized spacial score (nSPS) is 12.4. The molecule has 4 heterocycles. The Morgan fingerprint density at radius 1 is 1.28 bits per heavy atom. The molecule has 7 nitrogen and oxygen atoms in total. The van der Waals surface area contributed by atoms with E-state index in [0.29, 0.717) is 13.1 Å². The fourth-order valence-electron chi connectivity index (χ4n) is 3.20. The molecule has 4 aromatic rings. The van der Waals surface area contributed by atoms with Crippen LogP contribution in [0.2, 0.25) is 0 Å². The number of fused-ring (bicyclic) bond motifs is 5. The summed E-state index contributed by atoms with van der Waals surface area (Å²) in [4.78, 5) is 9.27. The Hall–Kier alpha value is -2.74. The minimum Gasteiger partial charge on any atom is -0.300 e. The lowest BCUT2D eigenvalue weighted by Gasteiger charge is -2.08. The van der Waals surface area contributed by atoms with Crippen LogP contribution in [0.1, 0.15) is 17.2 Å². The summed E-state index contributed by atoms with van der Waals surface area (Å²) in [6.45, 7) is 3.21. The lowest BCUT2D eigenvalue weighted by Crippen LogP contribution is -2.07. The average molecular weight is 396 g/mol. The van der Waals surface area contributed by atoms with Crippen molar-refractivity contribution in [2.24, 2.45) is 0 Å². The van der Waals surface area contributed by atoms with Crippen LogP contribution in [0.15, 0.2) is 47.5 Å². The zero-order valence-electron chi connectivity index (χ0n) is 13.5. The van der Waals surface area contributed by atoms with Crippen molar-refractivity contribution in [1.82, 2.24) is 34.1 Å². The van der Waals surface area contributed by atoms with Crippen molar-refractivity contribution in [2.45, 2.75) is 20.0 Å². The van der Waals surface area contributed by atoms with Gasteiger partial charge in [0.2, 0.25) is 0 Å². The standard InChI is InChI=1S/C17H14BrN7/c1-11-15-8-25-17(21-16(22-25)9-23-6-2-5-20-23)13-7-12(18)3-4-14(13)24(15)10-19-11/h2-7,10H,8-9H2,1H3. The molecule has 0 aliphatic carbocycles. The van der Waals surface area contributed by atoms with E-state index in [4.69, 9.17) is 10.1 Å². The molecule has 0 N–H and O–H groups in total. The van der Waals surface area contributed by atoms with Gasteiger partial charge in [0, 0.05) is 22.4 Å². The molecule has 5 rings (SSSR count). The van der Waals surface area contributed by atoms with E-state index in [9.17, 15) is 0 Å². The summed E-state index contributed by atoms with van der Waals surface area (Å²) in [6, 6.07) is 8.10. The van der Waals surface area contributed by atoms with Crippen LogP contribution >= 0.6 is 15.9 Å². The lowest BCUT2D eigenvalue weighted by atomic mass is 10.1. The van der Waals surface area contributed by atoms with Gasteiger partial charge in [-0.25, -0.2) is 14.6 Å². The van der Waals surface area contributed by atoms with Crippen molar-refractivity contribution >= 4 is 15.9 Å². The summed E-state index contributed by atoms with van der Waals surface area (Å²) in [5, 5.41) is 8.96. The fraction of sp³-hybridized carbons (Fsp3) is 0.176. The highest BCUT2D eigenvalue weighted by molar-refractivity contribution is 9.10. The van der Waals surface area contributed by atoms with Gasteiger partial charge in [0.25, 0.3) is 0 Å². The molecule has 0 atom stereocenters. The Balaban J connectivity index is 1.70. The van der Waals surface area contributed by atoms with Crippen molar-refractivity contribution in [1.29, 1.82) is 0 Å². The first-order valence-electron chi connectivity index (χ1n) is 7.93. The number of aryl methyl sites for hydroxylation is 1. The number of hydrogen-bond acceptors (Lipinski definition) is 4. The second-order valence-corrected chi connectivity index (χ2v) is 6.94. The van der Waals surface area contributed by atoms with E-state index in [1.165, 1.54) is 0 Å². The lowest BCUT2D eigenvalue weighted by molar-refractivity contribution is 0.621. The van der Waals surface area contributed by atoms with Gasteiger partial charge in [0.15, 0.2) is 11.6 Å². The molecule has 0 saturated carbocycles. The van der Waals surface area contributed by atoms with Crippen molar-refractivity contribution < 1.29 is 0 Å². The quantitative estimate of drug-likeness (QED) is 0.460. The molecule has 3 aromatic heterocycles. The van der Waals surface area contributed by atoms with E-state index in [2.05, 4.69) is 42.7 Å². The Kier molecular flexibility index (Phi) is 3.14.